The minimum absolute atomic E-state index is 0.0281. The SMILES string of the molecule is CN1CCN(c2cccc3c2CCCN3c2ccc(C(=O)O)cc2F)CC1. The van der Waals surface area contributed by atoms with Gasteiger partial charge in [-0.25, -0.2) is 9.18 Å². The summed E-state index contributed by atoms with van der Waals surface area (Å²) in [6.07, 6.45) is 1.92. The van der Waals surface area contributed by atoms with Crippen LogP contribution in [0.5, 0.6) is 0 Å². The minimum atomic E-state index is -1.11. The van der Waals surface area contributed by atoms with Crippen LogP contribution in [-0.4, -0.2) is 55.7 Å². The van der Waals surface area contributed by atoms with Gasteiger partial charge in [0.25, 0.3) is 0 Å². The maximum atomic E-state index is 14.7. The van der Waals surface area contributed by atoms with Crippen LogP contribution in [0.4, 0.5) is 21.5 Å². The van der Waals surface area contributed by atoms with Crippen molar-refractivity contribution in [2.75, 3.05) is 49.6 Å². The van der Waals surface area contributed by atoms with E-state index in [1.54, 1.807) is 6.07 Å². The molecule has 0 saturated carbocycles. The lowest BCUT2D eigenvalue weighted by Crippen LogP contribution is -2.45. The first-order valence-corrected chi connectivity index (χ1v) is 9.40. The van der Waals surface area contributed by atoms with Gasteiger partial charge in [-0.05, 0) is 55.8 Å². The highest BCUT2D eigenvalue weighted by atomic mass is 19.1. The summed E-state index contributed by atoms with van der Waals surface area (Å²) >= 11 is 0. The highest BCUT2D eigenvalue weighted by molar-refractivity contribution is 5.88. The molecule has 0 amide bonds. The Morgan fingerprint density at radius 1 is 1.00 bits per heavy atom. The van der Waals surface area contributed by atoms with Gasteiger partial charge in [-0.3, -0.25) is 0 Å². The first-order valence-electron chi connectivity index (χ1n) is 9.40. The Balaban J connectivity index is 1.70. The molecule has 2 heterocycles. The zero-order valence-corrected chi connectivity index (χ0v) is 15.5. The molecule has 27 heavy (non-hydrogen) atoms. The molecule has 4 rings (SSSR count). The number of carboxylic acid groups (broad SMARTS) is 1. The topological polar surface area (TPSA) is 47.0 Å². The van der Waals surface area contributed by atoms with Crippen molar-refractivity contribution in [3.63, 3.8) is 0 Å². The molecule has 0 bridgehead atoms. The summed E-state index contributed by atoms with van der Waals surface area (Å²) in [6, 6.07) is 10.4. The molecule has 6 heteroatoms. The average molecular weight is 369 g/mol. The largest absolute Gasteiger partial charge is 0.478 e. The molecule has 2 aromatic carbocycles. The average Bonchev–Trinajstić information content (AvgIpc) is 2.68. The van der Waals surface area contributed by atoms with Gasteiger partial charge in [0, 0.05) is 44.1 Å². The number of aromatic carboxylic acids is 1. The number of halogens is 1. The molecule has 1 N–H and O–H groups in total. The lowest BCUT2D eigenvalue weighted by Gasteiger charge is -2.38. The molecular weight excluding hydrogens is 345 g/mol. The number of hydrogen-bond acceptors (Lipinski definition) is 4. The quantitative estimate of drug-likeness (QED) is 0.899. The van der Waals surface area contributed by atoms with Crippen LogP contribution in [0.1, 0.15) is 22.3 Å². The highest BCUT2D eigenvalue weighted by Crippen LogP contribution is 2.39. The number of anilines is 3. The highest BCUT2D eigenvalue weighted by Gasteiger charge is 2.26. The second-order valence-corrected chi connectivity index (χ2v) is 7.29. The standard InChI is InChI=1S/C21H24FN3O2/c1-23-10-12-24(13-11-23)18-5-2-6-19-16(18)4-3-9-25(19)20-8-7-15(21(26)27)14-17(20)22/h2,5-8,14H,3-4,9-13H2,1H3,(H,26,27). The Labute approximate surface area is 158 Å². The summed E-state index contributed by atoms with van der Waals surface area (Å²) in [6.45, 7) is 4.79. The second-order valence-electron chi connectivity index (χ2n) is 7.29. The van der Waals surface area contributed by atoms with Gasteiger partial charge in [0.15, 0.2) is 0 Å². The van der Waals surface area contributed by atoms with Crippen molar-refractivity contribution in [1.82, 2.24) is 4.90 Å². The predicted molar refractivity (Wildman–Crippen MR) is 105 cm³/mol. The van der Waals surface area contributed by atoms with Crippen LogP contribution in [0.2, 0.25) is 0 Å². The zero-order valence-electron chi connectivity index (χ0n) is 15.5. The summed E-state index contributed by atoms with van der Waals surface area (Å²) in [7, 11) is 2.14. The normalized spacial score (nSPS) is 17.7. The van der Waals surface area contributed by atoms with Crippen LogP contribution in [0.25, 0.3) is 0 Å². The number of likely N-dealkylation sites (N-methyl/N-ethyl adjacent to an activating group) is 1. The van der Waals surface area contributed by atoms with Crippen molar-refractivity contribution < 1.29 is 14.3 Å². The van der Waals surface area contributed by atoms with Crippen LogP contribution in [0.3, 0.4) is 0 Å². The fraction of sp³-hybridized carbons (Fsp3) is 0.381. The molecule has 0 aliphatic carbocycles. The van der Waals surface area contributed by atoms with Gasteiger partial charge in [-0.1, -0.05) is 6.07 Å². The van der Waals surface area contributed by atoms with E-state index in [1.165, 1.54) is 17.3 Å². The molecular formula is C21H24FN3O2. The molecule has 0 radical (unpaired) electrons. The molecule has 2 aliphatic heterocycles. The van der Waals surface area contributed by atoms with E-state index in [0.29, 0.717) is 5.69 Å². The van der Waals surface area contributed by atoms with Gasteiger partial charge in [0.05, 0.1) is 11.3 Å². The van der Waals surface area contributed by atoms with Gasteiger partial charge < -0.3 is 19.8 Å². The van der Waals surface area contributed by atoms with E-state index in [2.05, 4.69) is 22.9 Å². The fourth-order valence-corrected chi connectivity index (χ4v) is 4.06. The van der Waals surface area contributed by atoms with Gasteiger partial charge in [-0.15, -0.1) is 0 Å². The Kier molecular flexibility index (Phi) is 4.74. The summed E-state index contributed by atoms with van der Waals surface area (Å²) in [4.78, 5) is 17.8. The van der Waals surface area contributed by atoms with Crippen molar-refractivity contribution in [1.29, 1.82) is 0 Å². The number of hydrogen-bond donors (Lipinski definition) is 1. The Hall–Kier alpha value is -2.60. The number of fused-ring (bicyclic) bond motifs is 1. The van der Waals surface area contributed by atoms with E-state index in [9.17, 15) is 9.18 Å². The summed E-state index contributed by atoms with van der Waals surface area (Å²) in [5.41, 5.74) is 3.94. The summed E-state index contributed by atoms with van der Waals surface area (Å²) < 4.78 is 14.7. The van der Waals surface area contributed by atoms with E-state index >= 15 is 0 Å². The molecule has 0 atom stereocenters. The van der Waals surface area contributed by atoms with Crippen LogP contribution in [-0.2, 0) is 6.42 Å². The van der Waals surface area contributed by atoms with Crippen LogP contribution in [0, 0.1) is 5.82 Å². The van der Waals surface area contributed by atoms with E-state index in [1.807, 2.05) is 17.0 Å². The summed E-state index contributed by atoms with van der Waals surface area (Å²) in [5, 5.41) is 9.08. The monoisotopic (exact) mass is 369 g/mol. The molecule has 2 aromatic rings. The van der Waals surface area contributed by atoms with E-state index in [-0.39, 0.29) is 5.56 Å². The second kappa shape index (κ2) is 7.19. The Morgan fingerprint density at radius 3 is 2.44 bits per heavy atom. The molecule has 2 aliphatic rings. The third kappa shape index (κ3) is 3.37. The third-order valence-electron chi connectivity index (χ3n) is 5.56. The van der Waals surface area contributed by atoms with Gasteiger partial charge in [0.1, 0.15) is 5.82 Å². The number of benzene rings is 2. The number of piperazine rings is 1. The molecule has 142 valence electrons. The number of rotatable bonds is 3. The lowest BCUT2D eigenvalue weighted by atomic mass is 9.97. The zero-order chi connectivity index (χ0) is 19.0. The summed E-state index contributed by atoms with van der Waals surface area (Å²) in [5.74, 6) is -1.61. The first kappa shape index (κ1) is 17.8. The lowest BCUT2D eigenvalue weighted by molar-refractivity contribution is 0.0696. The van der Waals surface area contributed by atoms with Crippen molar-refractivity contribution >= 4 is 23.0 Å². The smallest absolute Gasteiger partial charge is 0.335 e. The van der Waals surface area contributed by atoms with Gasteiger partial charge in [0.2, 0.25) is 0 Å². The minimum Gasteiger partial charge on any atom is -0.478 e. The maximum Gasteiger partial charge on any atom is 0.335 e. The van der Waals surface area contributed by atoms with Crippen molar-refractivity contribution in [3.05, 3.63) is 53.3 Å². The van der Waals surface area contributed by atoms with E-state index < -0.39 is 11.8 Å². The molecule has 0 spiro atoms. The van der Waals surface area contributed by atoms with E-state index in [4.69, 9.17) is 5.11 Å². The number of nitrogens with zero attached hydrogens (tertiary/aromatic N) is 3. The molecule has 1 saturated heterocycles. The van der Waals surface area contributed by atoms with Crippen LogP contribution >= 0.6 is 0 Å². The van der Waals surface area contributed by atoms with Gasteiger partial charge >= 0.3 is 5.97 Å². The first-order chi connectivity index (χ1) is 13.0. The number of carboxylic acids is 1. The molecule has 5 nitrogen and oxygen atoms in total. The number of carbonyl (C=O) groups is 1. The van der Waals surface area contributed by atoms with Crippen molar-refractivity contribution in [3.8, 4) is 0 Å². The van der Waals surface area contributed by atoms with Crippen molar-refractivity contribution in [2.45, 2.75) is 12.8 Å². The third-order valence-corrected chi connectivity index (χ3v) is 5.56. The fourth-order valence-electron chi connectivity index (χ4n) is 4.06. The van der Waals surface area contributed by atoms with E-state index in [0.717, 1.165) is 57.3 Å². The predicted octanol–water partition coefficient (Wildman–Crippen LogP) is 3.36. The molecule has 0 aromatic heterocycles. The Bertz CT molecular complexity index is 863. The molecule has 0 unspecified atom stereocenters. The Morgan fingerprint density at radius 2 is 1.74 bits per heavy atom. The van der Waals surface area contributed by atoms with Crippen molar-refractivity contribution in [2.24, 2.45) is 0 Å². The molecule has 1 fully saturated rings. The maximum absolute atomic E-state index is 14.7. The van der Waals surface area contributed by atoms with Gasteiger partial charge in [-0.2, -0.15) is 0 Å². The van der Waals surface area contributed by atoms with Crippen LogP contribution in [0.15, 0.2) is 36.4 Å². The van der Waals surface area contributed by atoms with Crippen LogP contribution < -0.4 is 9.80 Å².